The second kappa shape index (κ2) is 35.0. The Morgan fingerprint density at radius 2 is 1.12 bits per heavy atom. The first-order valence-corrected chi connectivity index (χ1v) is 23.7. The molecule has 7 N–H and O–H groups in total. The number of unbranched alkanes of at least 4 members (excludes halogenated alkanes) is 13. The predicted octanol–water partition coefficient (Wildman–Crippen LogP) is 7.14. The molecule has 1 rings (SSSR count). The molecule has 14 nitrogen and oxygen atoms in total. The predicted molar refractivity (Wildman–Crippen MR) is 232 cm³/mol. The van der Waals surface area contributed by atoms with Gasteiger partial charge in [0.25, 0.3) is 0 Å². The lowest BCUT2D eigenvalue weighted by Gasteiger charge is -2.41. The van der Waals surface area contributed by atoms with E-state index in [2.05, 4.69) is 38.2 Å². The molecule has 1 fully saturated rings. The van der Waals surface area contributed by atoms with Gasteiger partial charge in [-0.05, 0) is 70.6 Å². The molecule has 0 aromatic heterocycles. The van der Waals surface area contributed by atoms with E-state index in [9.17, 15) is 49.7 Å². The van der Waals surface area contributed by atoms with Crippen LogP contribution in [0.3, 0.4) is 0 Å². The average Bonchev–Trinajstić information content (AvgIpc) is 3.22. The molecule has 15 heteroatoms. The molecule has 0 spiro atoms. The second-order valence-electron chi connectivity index (χ2n) is 15.4. The zero-order valence-corrected chi connectivity index (χ0v) is 37.0. The van der Waals surface area contributed by atoms with Gasteiger partial charge in [0.15, 0.2) is 6.10 Å². The fraction of sp³-hybridized carbons (Fsp3) is 0.733. The molecule has 0 aromatic carbocycles. The monoisotopic (exact) mass is 873 g/mol. The van der Waals surface area contributed by atoms with E-state index in [1.807, 2.05) is 18.2 Å². The first-order chi connectivity index (χ1) is 28.8. The molecular formula is C45H77O14P. The molecule has 1 aliphatic carbocycles. The molecule has 0 radical (unpaired) electrons. The quantitative estimate of drug-likeness (QED) is 0.0110. The second-order valence-corrected chi connectivity index (χ2v) is 16.8. The summed E-state index contributed by atoms with van der Waals surface area (Å²) in [7, 11) is -5.15. The molecule has 9 atom stereocenters. The van der Waals surface area contributed by atoms with Crippen molar-refractivity contribution >= 4 is 19.8 Å². The number of esters is 2. The number of carbonyl (C=O) groups excluding carboxylic acids is 2. The van der Waals surface area contributed by atoms with E-state index in [0.29, 0.717) is 25.7 Å². The van der Waals surface area contributed by atoms with Crippen LogP contribution in [-0.2, 0) is 32.7 Å². The summed E-state index contributed by atoms with van der Waals surface area (Å²) in [5.74, 6) is -1.25. The minimum Gasteiger partial charge on any atom is -0.462 e. The highest BCUT2D eigenvalue weighted by Crippen LogP contribution is 2.47. The largest absolute Gasteiger partial charge is 0.472 e. The minimum atomic E-state index is -5.15. The molecule has 0 heterocycles. The molecule has 1 aliphatic rings. The van der Waals surface area contributed by atoms with Crippen LogP contribution in [0.15, 0.2) is 60.8 Å². The van der Waals surface area contributed by atoms with Gasteiger partial charge in [-0.15, -0.1) is 0 Å². The lowest BCUT2D eigenvalue weighted by atomic mass is 9.85. The average molecular weight is 873 g/mol. The summed E-state index contributed by atoms with van der Waals surface area (Å²) in [6, 6.07) is 0. The van der Waals surface area contributed by atoms with Crippen molar-refractivity contribution in [2.24, 2.45) is 0 Å². The summed E-state index contributed by atoms with van der Waals surface area (Å²) in [6.07, 6.45) is 24.5. The number of aliphatic hydroxyl groups is 6. The van der Waals surface area contributed by atoms with Crippen molar-refractivity contribution in [3.63, 3.8) is 0 Å². The van der Waals surface area contributed by atoms with E-state index in [1.165, 1.54) is 44.9 Å². The Labute approximate surface area is 358 Å². The molecule has 1 saturated carbocycles. The number of aliphatic hydroxyl groups excluding tert-OH is 6. The van der Waals surface area contributed by atoms with Gasteiger partial charge in [-0.3, -0.25) is 18.6 Å². The lowest BCUT2D eigenvalue weighted by molar-refractivity contribution is -0.220. The summed E-state index contributed by atoms with van der Waals surface area (Å²) >= 11 is 0. The number of hydrogen-bond acceptors (Lipinski definition) is 13. The molecular weight excluding hydrogens is 795 g/mol. The molecule has 60 heavy (non-hydrogen) atoms. The minimum absolute atomic E-state index is 0.0281. The summed E-state index contributed by atoms with van der Waals surface area (Å²) < 4.78 is 33.3. The molecule has 0 bridgehead atoms. The molecule has 4 unspecified atom stereocenters. The van der Waals surface area contributed by atoms with Gasteiger partial charge in [0, 0.05) is 12.8 Å². The Kier molecular flexibility index (Phi) is 32.4. The Balaban J connectivity index is 2.57. The maximum absolute atomic E-state index is 12.8. The van der Waals surface area contributed by atoms with Crippen LogP contribution >= 0.6 is 7.82 Å². The van der Waals surface area contributed by atoms with Crippen LogP contribution in [0.2, 0.25) is 0 Å². The standard InChI is InChI=1S/C45H77O14P/c1-3-5-7-9-11-13-14-15-16-18-20-24-29-33-39(48)58-37(35-57-60(54,55)59-45-43(52)41(50)40(49)42(51)44(45)53)34-56-38(47)32-28-25-21-23-27-31-36(46)30-26-22-19-17-12-10-8-6-4-2/h12-14,17,21-23,26-27,31,36-37,40-46,49-53H,3-11,15-16,18-20,24-25,28-30,32-35H2,1-2H3,(H,54,55)/b14-13-,17-12-,23-21+,26-22-,31-27-/t36?,37-,40?,41-,42+,43-,44-,45?/m1/s1. The van der Waals surface area contributed by atoms with Crippen LogP contribution in [0, 0.1) is 0 Å². The zero-order chi connectivity index (χ0) is 44.4. The van der Waals surface area contributed by atoms with E-state index in [-0.39, 0.29) is 12.8 Å². The Morgan fingerprint density at radius 1 is 0.600 bits per heavy atom. The molecule has 346 valence electrons. The van der Waals surface area contributed by atoms with Crippen molar-refractivity contribution < 1.29 is 68.2 Å². The van der Waals surface area contributed by atoms with Gasteiger partial charge < -0.3 is 45.0 Å². The summed E-state index contributed by atoms with van der Waals surface area (Å²) in [5.41, 5.74) is 0. The van der Waals surface area contributed by atoms with Crippen molar-refractivity contribution in [1.82, 2.24) is 0 Å². The highest BCUT2D eigenvalue weighted by Gasteiger charge is 2.51. The summed E-state index contributed by atoms with van der Waals surface area (Å²) in [5, 5.41) is 60.2. The number of allylic oxidation sites excluding steroid dienone is 8. The molecule has 0 aliphatic heterocycles. The molecule has 0 aromatic rings. The third-order valence-electron chi connectivity index (χ3n) is 9.91. The third-order valence-corrected chi connectivity index (χ3v) is 10.9. The van der Waals surface area contributed by atoms with Gasteiger partial charge in [-0.1, -0.05) is 126 Å². The maximum Gasteiger partial charge on any atom is 0.472 e. The number of phosphoric ester groups is 1. The van der Waals surface area contributed by atoms with Crippen LogP contribution in [0.4, 0.5) is 0 Å². The number of carbonyl (C=O) groups is 2. The van der Waals surface area contributed by atoms with Gasteiger partial charge in [0.1, 0.15) is 43.2 Å². The van der Waals surface area contributed by atoms with Gasteiger partial charge in [-0.25, -0.2) is 4.57 Å². The smallest absolute Gasteiger partial charge is 0.462 e. The summed E-state index contributed by atoms with van der Waals surface area (Å²) in [6.45, 7) is 3.10. The van der Waals surface area contributed by atoms with Gasteiger partial charge in [0.2, 0.25) is 0 Å². The van der Waals surface area contributed by atoms with Crippen molar-refractivity contribution in [1.29, 1.82) is 0 Å². The van der Waals surface area contributed by atoms with Crippen LogP contribution in [0.5, 0.6) is 0 Å². The van der Waals surface area contributed by atoms with Gasteiger partial charge in [-0.2, -0.15) is 0 Å². The van der Waals surface area contributed by atoms with E-state index < -0.39 is 81.8 Å². The number of phosphoric acid groups is 1. The topological polar surface area (TPSA) is 230 Å². The van der Waals surface area contributed by atoms with Crippen LogP contribution in [0.25, 0.3) is 0 Å². The van der Waals surface area contributed by atoms with E-state index in [0.717, 1.165) is 51.4 Å². The van der Waals surface area contributed by atoms with Crippen molar-refractivity contribution in [3.8, 4) is 0 Å². The van der Waals surface area contributed by atoms with Gasteiger partial charge in [0.05, 0.1) is 12.7 Å². The SMILES string of the molecule is CCCCC/C=C\C/C=C\CC(O)/C=C\C=C\CCCC(=O)OC[C@H](COP(=O)(O)OC1[C@H](O)[C@H](O)C(O)[C@H](O)[C@H]1O)OC(=O)CCCCCCC/C=C\CCCCCC. The van der Waals surface area contributed by atoms with E-state index in [4.69, 9.17) is 18.5 Å². The first kappa shape index (κ1) is 55.5. The van der Waals surface area contributed by atoms with Crippen LogP contribution in [-0.4, -0.2) is 110 Å². The Hall–Kier alpha value is -2.49. The van der Waals surface area contributed by atoms with Gasteiger partial charge >= 0.3 is 19.8 Å². The number of ether oxygens (including phenoxy) is 2. The first-order valence-electron chi connectivity index (χ1n) is 22.2. The van der Waals surface area contributed by atoms with Crippen molar-refractivity contribution in [3.05, 3.63) is 60.8 Å². The number of hydrogen-bond donors (Lipinski definition) is 7. The fourth-order valence-electron chi connectivity index (χ4n) is 6.24. The zero-order valence-electron chi connectivity index (χ0n) is 36.1. The van der Waals surface area contributed by atoms with Crippen molar-refractivity contribution in [2.45, 2.75) is 198 Å². The highest BCUT2D eigenvalue weighted by atomic mass is 31.2. The molecule has 0 amide bonds. The van der Waals surface area contributed by atoms with E-state index in [1.54, 1.807) is 18.2 Å². The fourth-order valence-corrected chi connectivity index (χ4v) is 7.21. The van der Waals surface area contributed by atoms with Crippen molar-refractivity contribution in [2.75, 3.05) is 13.2 Å². The van der Waals surface area contributed by atoms with Crippen LogP contribution in [0.1, 0.15) is 149 Å². The van der Waals surface area contributed by atoms with E-state index >= 15 is 0 Å². The Bertz CT molecular complexity index is 1300. The Morgan fingerprint density at radius 3 is 1.78 bits per heavy atom. The lowest BCUT2D eigenvalue weighted by Crippen LogP contribution is -2.64. The normalized spacial score (nSPS) is 23.3. The third kappa shape index (κ3) is 27.5. The number of rotatable bonds is 35. The van der Waals surface area contributed by atoms with Crippen LogP contribution < -0.4 is 0 Å². The summed E-state index contributed by atoms with van der Waals surface area (Å²) in [4.78, 5) is 35.6. The maximum atomic E-state index is 12.8. The highest BCUT2D eigenvalue weighted by molar-refractivity contribution is 7.47. The molecule has 0 saturated heterocycles.